The van der Waals surface area contributed by atoms with Crippen molar-refractivity contribution in [2.24, 2.45) is 0 Å². The van der Waals surface area contributed by atoms with Crippen molar-refractivity contribution in [3.63, 3.8) is 0 Å². The largest absolute Gasteiger partial charge is 0.480 e. The van der Waals surface area contributed by atoms with E-state index in [0.717, 1.165) is 23.4 Å². The zero-order valence-corrected chi connectivity index (χ0v) is 16.1. The Morgan fingerprint density at radius 3 is 2.58 bits per heavy atom. The highest BCUT2D eigenvalue weighted by Crippen LogP contribution is 2.23. The van der Waals surface area contributed by atoms with E-state index in [9.17, 15) is 18.0 Å². The molecule has 2 aliphatic rings. The number of morpholine rings is 1. The predicted octanol–water partition coefficient (Wildman–Crippen LogP) is -0.0923. The van der Waals surface area contributed by atoms with Gasteiger partial charge in [-0.05, 0) is 26.2 Å². The van der Waals surface area contributed by atoms with Crippen molar-refractivity contribution in [1.29, 1.82) is 0 Å². The van der Waals surface area contributed by atoms with E-state index < -0.39 is 28.6 Å². The van der Waals surface area contributed by atoms with E-state index in [1.807, 2.05) is 6.92 Å². The Morgan fingerprint density at radius 2 is 2.00 bits per heavy atom. The Labute approximate surface area is 154 Å². The zero-order valence-electron chi connectivity index (χ0n) is 15.3. The number of ether oxygens (including phenoxy) is 2. The molecule has 2 aliphatic heterocycles. The molecule has 1 N–H and O–H groups in total. The summed E-state index contributed by atoms with van der Waals surface area (Å²) >= 11 is 0. The second-order valence-electron chi connectivity index (χ2n) is 6.97. The van der Waals surface area contributed by atoms with Crippen molar-refractivity contribution in [3.8, 4) is 0 Å². The first-order chi connectivity index (χ1) is 12.1. The van der Waals surface area contributed by atoms with Crippen molar-refractivity contribution in [3.05, 3.63) is 0 Å². The van der Waals surface area contributed by atoms with Crippen LogP contribution < -0.4 is 0 Å². The number of carboxylic acid groups (broad SMARTS) is 1. The molecule has 0 aromatic rings. The van der Waals surface area contributed by atoms with Crippen molar-refractivity contribution in [2.45, 2.75) is 50.9 Å². The van der Waals surface area contributed by atoms with Gasteiger partial charge in [-0.3, -0.25) is 9.59 Å². The van der Waals surface area contributed by atoms with Crippen LogP contribution in [0.25, 0.3) is 0 Å². The Balaban J connectivity index is 1.85. The van der Waals surface area contributed by atoms with Crippen LogP contribution in [-0.4, -0.2) is 92.0 Å². The number of hydrogen-bond acceptors (Lipinski definition) is 6. The van der Waals surface area contributed by atoms with E-state index in [-0.39, 0.29) is 31.2 Å². The molecular formula is C16H28N2O7S. The number of sulfonamides is 1. The third-order valence-electron chi connectivity index (χ3n) is 4.68. The number of carbonyl (C=O) groups is 2. The molecule has 2 fully saturated rings. The van der Waals surface area contributed by atoms with Crippen molar-refractivity contribution in [2.75, 3.05) is 39.0 Å². The summed E-state index contributed by atoms with van der Waals surface area (Å²) in [6, 6.07) is 0. The average molecular weight is 392 g/mol. The first-order valence-corrected chi connectivity index (χ1v) is 10.7. The number of aliphatic carboxylic acids is 1. The second-order valence-corrected chi connectivity index (χ2v) is 8.95. The standard InChI is InChI=1S/C16H28N2O7S/c1-12-3-4-13(25-12)5-6-15(19)17-7-8-24-14(9-17)10-18(11-16(20)21)26(2,22)23/h12-14H,3-11H2,1-2H3,(H,20,21)/t12-,13-,14+/m1/s1. The Kier molecular flexibility index (Phi) is 7.39. The number of amides is 1. The van der Waals surface area contributed by atoms with Gasteiger partial charge in [-0.1, -0.05) is 0 Å². The molecule has 0 spiro atoms. The first kappa shape index (κ1) is 21.1. The van der Waals surface area contributed by atoms with Crippen molar-refractivity contribution < 1.29 is 32.6 Å². The molecule has 0 aromatic carbocycles. The summed E-state index contributed by atoms with van der Waals surface area (Å²) in [6.45, 7) is 2.33. The van der Waals surface area contributed by atoms with E-state index >= 15 is 0 Å². The third-order valence-corrected chi connectivity index (χ3v) is 5.90. The van der Waals surface area contributed by atoms with Crippen LogP contribution in [0, 0.1) is 0 Å². The summed E-state index contributed by atoms with van der Waals surface area (Å²) in [6.07, 6.45) is 3.85. The third kappa shape index (κ3) is 6.49. The summed E-state index contributed by atoms with van der Waals surface area (Å²) in [5.74, 6) is -1.24. The van der Waals surface area contributed by atoms with Gasteiger partial charge in [-0.2, -0.15) is 4.31 Å². The fourth-order valence-corrected chi connectivity index (χ4v) is 4.07. The molecule has 2 rings (SSSR count). The van der Waals surface area contributed by atoms with E-state index in [2.05, 4.69) is 0 Å². The van der Waals surface area contributed by atoms with E-state index in [4.69, 9.17) is 14.6 Å². The van der Waals surface area contributed by atoms with Gasteiger partial charge in [0, 0.05) is 26.1 Å². The van der Waals surface area contributed by atoms with Crippen LogP contribution in [-0.2, 0) is 29.1 Å². The molecule has 9 nitrogen and oxygen atoms in total. The van der Waals surface area contributed by atoms with Gasteiger partial charge in [0.15, 0.2) is 0 Å². The van der Waals surface area contributed by atoms with Gasteiger partial charge in [0.1, 0.15) is 6.54 Å². The second kappa shape index (κ2) is 9.12. The van der Waals surface area contributed by atoms with E-state index in [1.54, 1.807) is 4.90 Å². The lowest BCUT2D eigenvalue weighted by Gasteiger charge is -2.35. The fraction of sp³-hybridized carbons (Fsp3) is 0.875. The molecule has 26 heavy (non-hydrogen) atoms. The summed E-state index contributed by atoms with van der Waals surface area (Å²) < 4.78 is 35.6. The zero-order chi connectivity index (χ0) is 19.3. The highest BCUT2D eigenvalue weighted by atomic mass is 32.2. The minimum absolute atomic E-state index is 0.00871. The molecule has 3 atom stereocenters. The highest BCUT2D eigenvalue weighted by molar-refractivity contribution is 7.88. The van der Waals surface area contributed by atoms with Crippen LogP contribution in [0.5, 0.6) is 0 Å². The molecule has 150 valence electrons. The molecule has 0 unspecified atom stereocenters. The van der Waals surface area contributed by atoms with Gasteiger partial charge >= 0.3 is 5.97 Å². The maximum absolute atomic E-state index is 12.4. The van der Waals surface area contributed by atoms with Crippen LogP contribution in [0.2, 0.25) is 0 Å². The maximum atomic E-state index is 12.4. The topological polar surface area (TPSA) is 113 Å². The van der Waals surface area contributed by atoms with Crippen molar-refractivity contribution >= 4 is 21.9 Å². The smallest absolute Gasteiger partial charge is 0.318 e. The van der Waals surface area contributed by atoms with E-state index in [1.165, 1.54) is 0 Å². The molecular weight excluding hydrogens is 364 g/mol. The monoisotopic (exact) mass is 392 g/mol. The van der Waals surface area contributed by atoms with Gasteiger partial charge in [-0.25, -0.2) is 8.42 Å². The van der Waals surface area contributed by atoms with Gasteiger partial charge in [0.2, 0.25) is 15.9 Å². The van der Waals surface area contributed by atoms with E-state index in [0.29, 0.717) is 26.0 Å². The number of carboxylic acids is 1. The van der Waals surface area contributed by atoms with Crippen LogP contribution in [0.4, 0.5) is 0 Å². The molecule has 1 amide bonds. The quantitative estimate of drug-likeness (QED) is 0.614. The molecule has 0 saturated carbocycles. The highest BCUT2D eigenvalue weighted by Gasteiger charge is 2.30. The van der Waals surface area contributed by atoms with Gasteiger partial charge in [-0.15, -0.1) is 0 Å². The number of rotatable bonds is 8. The lowest BCUT2D eigenvalue weighted by atomic mass is 10.1. The summed E-state index contributed by atoms with van der Waals surface area (Å²) in [7, 11) is -3.67. The normalized spacial score (nSPS) is 27.0. The molecule has 0 bridgehead atoms. The molecule has 0 radical (unpaired) electrons. The fourth-order valence-electron chi connectivity index (χ4n) is 3.29. The average Bonchev–Trinajstić information content (AvgIpc) is 2.96. The predicted molar refractivity (Wildman–Crippen MR) is 93.2 cm³/mol. The molecule has 2 heterocycles. The van der Waals surface area contributed by atoms with Crippen LogP contribution in [0.3, 0.4) is 0 Å². The minimum Gasteiger partial charge on any atom is -0.480 e. The molecule has 0 aliphatic carbocycles. The molecule has 0 aromatic heterocycles. The van der Waals surface area contributed by atoms with Crippen LogP contribution in [0.15, 0.2) is 0 Å². The van der Waals surface area contributed by atoms with Crippen molar-refractivity contribution in [1.82, 2.24) is 9.21 Å². The van der Waals surface area contributed by atoms with Crippen LogP contribution in [0.1, 0.15) is 32.6 Å². The van der Waals surface area contributed by atoms with Gasteiger partial charge < -0.3 is 19.5 Å². The maximum Gasteiger partial charge on any atom is 0.318 e. The van der Waals surface area contributed by atoms with Gasteiger partial charge in [0.25, 0.3) is 0 Å². The van der Waals surface area contributed by atoms with Gasteiger partial charge in [0.05, 0.1) is 31.2 Å². The Bertz CT molecular complexity index is 610. The number of carbonyl (C=O) groups excluding carboxylic acids is 1. The minimum atomic E-state index is -3.67. The van der Waals surface area contributed by atoms with Crippen LogP contribution >= 0.6 is 0 Å². The summed E-state index contributed by atoms with van der Waals surface area (Å²) in [4.78, 5) is 25.0. The Morgan fingerprint density at radius 1 is 1.27 bits per heavy atom. The Hall–Kier alpha value is -1.23. The summed E-state index contributed by atoms with van der Waals surface area (Å²) in [5, 5.41) is 8.89. The number of nitrogens with zero attached hydrogens (tertiary/aromatic N) is 2. The lowest BCUT2D eigenvalue weighted by Crippen LogP contribution is -2.51. The SMILES string of the molecule is C[C@@H]1CC[C@H](CCC(=O)N2CCO[C@H](CN(CC(=O)O)S(C)(=O)=O)C2)O1. The molecule has 2 saturated heterocycles. The summed E-state index contributed by atoms with van der Waals surface area (Å²) in [5.41, 5.74) is 0. The first-order valence-electron chi connectivity index (χ1n) is 8.87. The number of hydrogen-bond donors (Lipinski definition) is 1. The lowest BCUT2D eigenvalue weighted by molar-refractivity contribution is -0.141. The molecule has 10 heteroatoms.